The first-order chi connectivity index (χ1) is 16.4. The number of fused-ring (bicyclic) bond motifs is 1. The van der Waals surface area contributed by atoms with E-state index in [0.29, 0.717) is 44.2 Å². The Morgan fingerprint density at radius 2 is 1.85 bits per heavy atom. The Balaban J connectivity index is 1.29. The van der Waals surface area contributed by atoms with Crippen LogP contribution in [0.2, 0.25) is 10.0 Å². The SMILES string of the molecule is O=C(C=Cc1ccc(-c2ccc(Cl)cc2Cl)o1)Nc1ccc2oc(-c3cccc(Br)c3)nc2c1. The number of halogens is 3. The molecule has 168 valence electrons. The summed E-state index contributed by atoms with van der Waals surface area (Å²) >= 11 is 15.6. The van der Waals surface area contributed by atoms with Crippen LogP contribution in [0, 0.1) is 0 Å². The second-order valence-corrected chi connectivity index (χ2v) is 9.12. The fourth-order valence-electron chi connectivity index (χ4n) is 3.37. The number of anilines is 1. The smallest absolute Gasteiger partial charge is 0.248 e. The van der Waals surface area contributed by atoms with Crippen LogP contribution in [-0.4, -0.2) is 10.9 Å². The van der Waals surface area contributed by atoms with Crippen molar-refractivity contribution >= 4 is 67.9 Å². The second kappa shape index (κ2) is 9.50. The van der Waals surface area contributed by atoms with Crippen LogP contribution in [0.25, 0.3) is 40.0 Å². The minimum atomic E-state index is -0.308. The first-order valence-corrected chi connectivity index (χ1v) is 11.7. The zero-order chi connectivity index (χ0) is 23.7. The van der Waals surface area contributed by atoms with Gasteiger partial charge in [0.2, 0.25) is 11.8 Å². The average Bonchev–Trinajstić information content (AvgIpc) is 3.44. The van der Waals surface area contributed by atoms with Gasteiger partial charge >= 0.3 is 0 Å². The van der Waals surface area contributed by atoms with Gasteiger partial charge in [-0.25, -0.2) is 4.98 Å². The lowest BCUT2D eigenvalue weighted by molar-refractivity contribution is -0.111. The monoisotopic (exact) mass is 552 g/mol. The number of furan rings is 1. The van der Waals surface area contributed by atoms with Crippen molar-refractivity contribution in [2.45, 2.75) is 0 Å². The molecule has 2 heterocycles. The van der Waals surface area contributed by atoms with Crippen molar-refractivity contribution < 1.29 is 13.6 Å². The maximum Gasteiger partial charge on any atom is 0.248 e. The van der Waals surface area contributed by atoms with Crippen molar-refractivity contribution in [2.75, 3.05) is 5.32 Å². The van der Waals surface area contributed by atoms with Gasteiger partial charge in [0.15, 0.2) is 5.58 Å². The minimum absolute atomic E-state index is 0.308. The van der Waals surface area contributed by atoms with Crippen molar-refractivity contribution in [3.8, 4) is 22.8 Å². The third-order valence-electron chi connectivity index (χ3n) is 4.95. The number of hydrogen-bond acceptors (Lipinski definition) is 4. The number of nitrogens with one attached hydrogen (secondary N) is 1. The molecule has 5 aromatic rings. The molecule has 0 atom stereocenters. The van der Waals surface area contributed by atoms with Crippen LogP contribution < -0.4 is 5.32 Å². The third-order valence-corrected chi connectivity index (χ3v) is 5.99. The highest BCUT2D eigenvalue weighted by Gasteiger charge is 2.11. The van der Waals surface area contributed by atoms with Gasteiger partial charge in [-0.05, 0) is 72.8 Å². The first kappa shape index (κ1) is 22.5. The molecule has 8 heteroatoms. The van der Waals surface area contributed by atoms with E-state index in [-0.39, 0.29) is 5.91 Å². The Kier molecular flexibility index (Phi) is 6.28. The topological polar surface area (TPSA) is 68.3 Å². The standard InChI is InChI=1S/C26H15BrCl2N2O3/c27-16-3-1-2-15(12-16)26-31-22-14-18(5-9-24(22)34-26)30-25(32)11-7-19-6-10-23(33-19)20-8-4-17(28)13-21(20)29/h1-14H,(H,30,32). The van der Waals surface area contributed by atoms with Crippen molar-refractivity contribution in [1.29, 1.82) is 0 Å². The summed E-state index contributed by atoms with van der Waals surface area (Å²) in [6.07, 6.45) is 2.98. The molecule has 1 N–H and O–H groups in total. The van der Waals surface area contributed by atoms with Crippen LogP contribution in [0.5, 0.6) is 0 Å². The number of benzene rings is 3. The molecule has 5 nitrogen and oxygen atoms in total. The van der Waals surface area contributed by atoms with Gasteiger partial charge < -0.3 is 14.2 Å². The highest BCUT2D eigenvalue weighted by molar-refractivity contribution is 9.10. The van der Waals surface area contributed by atoms with E-state index in [1.54, 1.807) is 54.6 Å². The molecule has 0 radical (unpaired) electrons. The summed E-state index contributed by atoms with van der Waals surface area (Å²) < 4.78 is 12.6. The quantitative estimate of drug-likeness (QED) is 0.221. The summed E-state index contributed by atoms with van der Waals surface area (Å²) in [6, 6.07) is 21.7. The Hall–Kier alpha value is -3.32. The van der Waals surface area contributed by atoms with E-state index in [1.165, 1.54) is 6.08 Å². The third kappa shape index (κ3) is 4.94. The van der Waals surface area contributed by atoms with Gasteiger partial charge in [-0.1, -0.05) is 45.2 Å². The number of rotatable bonds is 5. The van der Waals surface area contributed by atoms with E-state index in [2.05, 4.69) is 26.2 Å². The van der Waals surface area contributed by atoms with Gasteiger partial charge in [0.05, 0.1) is 5.02 Å². The molecule has 0 saturated carbocycles. The summed E-state index contributed by atoms with van der Waals surface area (Å²) in [5.41, 5.74) is 3.46. The van der Waals surface area contributed by atoms with Crippen molar-refractivity contribution in [3.63, 3.8) is 0 Å². The molecule has 3 aromatic carbocycles. The molecule has 1 amide bonds. The van der Waals surface area contributed by atoms with Crippen LogP contribution in [0.3, 0.4) is 0 Å². The highest BCUT2D eigenvalue weighted by atomic mass is 79.9. The number of carbonyl (C=O) groups excluding carboxylic acids is 1. The fraction of sp³-hybridized carbons (Fsp3) is 0. The highest BCUT2D eigenvalue weighted by Crippen LogP contribution is 2.32. The van der Waals surface area contributed by atoms with Crippen molar-refractivity contribution in [2.24, 2.45) is 0 Å². The summed E-state index contributed by atoms with van der Waals surface area (Å²) in [5.74, 6) is 1.30. The predicted molar refractivity (Wildman–Crippen MR) is 139 cm³/mol. The number of aromatic nitrogens is 1. The molecule has 0 aliphatic rings. The van der Waals surface area contributed by atoms with Crippen LogP contribution in [0.15, 0.2) is 92.2 Å². The van der Waals surface area contributed by atoms with E-state index in [0.717, 1.165) is 15.6 Å². The molecule has 0 fully saturated rings. The van der Waals surface area contributed by atoms with Gasteiger partial charge in [0.1, 0.15) is 17.0 Å². The first-order valence-electron chi connectivity index (χ1n) is 10.2. The van der Waals surface area contributed by atoms with E-state index in [1.807, 2.05) is 24.3 Å². The van der Waals surface area contributed by atoms with E-state index >= 15 is 0 Å². The lowest BCUT2D eigenvalue weighted by Crippen LogP contribution is -2.07. The normalized spacial score (nSPS) is 11.4. The van der Waals surface area contributed by atoms with E-state index < -0.39 is 0 Å². The van der Waals surface area contributed by atoms with Crippen LogP contribution in [-0.2, 0) is 4.79 Å². The summed E-state index contributed by atoms with van der Waals surface area (Å²) in [7, 11) is 0. The summed E-state index contributed by atoms with van der Waals surface area (Å²) in [5, 5.41) is 3.86. The number of hydrogen-bond donors (Lipinski definition) is 1. The van der Waals surface area contributed by atoms with Crippen LogP contribution >= 0.6 is 39.1 Å². The van der Waals surface area contributed by atoms with Gasteiger partial charge in [-0.3, -0.25) is 4.79 Å². The molecule has 34 heavy (non-hydrogen) atoms. The molecule has 2 aromatic heterocycles. The van der Waals surface area contributed by atoms with Crippen LogP contribution in [0.4, 0.5) is 5.69 Å². The Morgan fingerprint density at radius 3 is 2.68 bits per heavy atom. The number of oxazole rings is 1. The summed E-state index contributed by atoms with van der Waals surface area (Å²) in [6.45, 7) is 0. The molecule has 0 spiro atoms. The molecule has 0 aliphatic carbocycles. The van der Waals surface area contributed by atoms with Gasteiger partial charge in [0.25, 0.3) is 0 Å². The van der Waals surface area contributed by atoms with Gasteiger partial charge in [-0.15, -0.1) is 0 Å². The number of amides is 1. The lowest BCUT2D eigenvalue weighted by atomic mass is 10.2. The number of nitrogens with zero attached hydrogens (tertiary/aromatic N) is 1. The van der Waals surface area contributed by atoms with Crippen molar-refractivity contribution in [3.05, 3.63) is 99.2 Å². The lowest BCUT2D eigenvalue weighted by Gasteiger charge is -2.01. The second-order valence-electron chi connectivity index (χ2n) is 7.36. The zero-order valence-corrected chi connectivity index (χ0v) is 20.5. The zero-order valence-electron chi connectivity index (χ0n) is 17.4. The minimum Gasteiger partial charge on any atom is -0.457 e. The predicted octanol–water partition coefficient (Wildman–Crippen LogP) is 8.48. The fourth-order valence-corrected chi connectivity index (χ4v) is 4.27. The molecule has 0 bridgehead atoms. The largest absolute Gasteiger partial charge is 0.457 e. The Morgan fingerprint density at radius 1 is 0.971 bits per heavy atom. The van der Waals surface area contributed by atoms with E-state index in [9.17, 15) is 4.79 Å². The molecular weight excluding hydrogens is 539 g/mol. The maximum absolute atomic E-state index is 12.4. The van der Waals surface area contributed by atoms with Gasteiger partial charge in [0, 0.05) is 32.4 Å². The molecule has 0 saturated heterocycles. The summed E-state index contributed by atoms with van der Waals surface area (Å²) in [4.78, 5) is 17.0. The van der Waals surface area contributed by atoms with Crippen molar-refractivity contribution in [1.82, 2.24) is 4.98 Å². The molecular formula is C26H15BrCl2N2O3. The van der Waals surface area contributed by atoms with Crippen LogP contribution in [0.1, 0.15) is 5.76 Å². The van der Waals surface area contributed by atoms with E-state index in [4.69, 9.17) is 32.0 Å². The molecule has 5 rings (SSSR count). The Bertz CT molecular complexity index is 1560. The average molecular weight is 554 g/mol. The maximum atomic E-state index is 12.4. The van der Waals surface area contributed by atoms with Gasteiger partial charge in [-0.2, -0.15) is 0 Å². The molecule has 0 unspecified atom stereocenters. The Labute approximate surface area is 213 Å². The number of carbonyl (C=O) groups is 1. The molecule has 0 aliphatic heterocycles.